The standard InChI is InChI=1S/C14H14N2O2/c1-9-5-4-8-12(15-9)13-16-11-7-3-2-6-10(11)14(17)18-13/h4-5,8H,2-3,6-7H2,1H3. The summed E-state index contributed by atoms with van der Waals surface area (Å²) in [6.45, 7) is 1.90. The third-order valence-electron chi connectivity index (χ3n) is 3.22. The molecule has 0 aromatic carbocycles. The summed E-state index contributed by atoms with van der Waals surface area (Å²) in [5, 5.41) is 0. The average Bonchev–Trinajstić information content (AvgIpc) is 2.39. The fourth-order valence-electron chi connectivity index (χ4n) is 2.30. The summed E-state index contributed by atoms with van der Waals surface area (Å²) in [6, 6.07) is 5.60. The summed E-state index contributed by atoms with van der Waals surface area (Å²) < 4.78 is 5.29. The maximum absolute atomic E-state index is 11.9. The van der Waals surface area contributed by atoms with Gasteiger partial charge in [-0.2, -0.15) is 0 Å². The van der Waals surface area contributed by atoms with Gasteiger partial charge < -0.3 is 4.42 Å². The van der Waals surface area contributed by atoms with Crippen LogP contribution in [0.3, 0.4) is 0 Å². The normalized spacial score (nSPS) is 14.3. The number of hydrogen-bond donors (Lipinski definition) is 0. The predicted octanol–water partition coefficient (Wildman–Crippen LogP) is 2.28. The van der Waals surface area contributed by atoms with Crippen LogP contribution >= 0.6 is 0 Å². The Bertz CT molecular complexity index is 646. The molecule has 0 saturated heterocycles. The highest BCUT2D eigenvalue weighted by molar-refractivity contribution is 5.47. The molecule has 2 heterocycles. The quantitative estimate of drug-likeness (QED) is 0.769. The molecule has 1 aliphatic rings. The molecule has 0 unspecified atom stereocenters. The summed E-state index contributed by atoms with van der Waals surface area (Å²) in [5.74, 6) is 0.337. The van der Waals surface area contributed by atoms with E-state index in [1.807, 2.05) is 25.1 Å². The summed E-state index contributed by atoms with van der Waals surface area (Å²) in [4.78, 5) is 20.7. The van der Waals surface area contributed by atoms with Crippen molar-refractivity contribution in [2.45, 2.75) is 32.6 Å². The summed E-state index contributed by atoms with van der Waals surface area (Å²) in [7, 11) is 0. The Morgan fingerprint density at radius 3 is 2.83 bits per heavy atom. The average molecular weight is 242 g/mol. The lowest BCUT2D eigenvalue weighted by molar-refractivity contribution is 0.476. The van der Waals surface area contributed by atoms with Gasteiger partial charge in [-0.3, -0.25) is 0 Å². The van der Waals surface area contributed by atoms with Crippen molar-refractivity contribution >= 4 is 0 Å². The fourth-order valence-corrected chi connectivity index (χ4v) is 2.30. The van der Waals surface area contributed by atoms with Crippen LogP contribution in [-0.2, 0) is 12.8 Å². The zero-order valence-corrected chi connectivity index (χ0v) is 10.3. The smallest absolute Gasteiger partial charge is 0.342 e. The summed E-state index contributed by atoms with van der Waals surface area (Å²) in [5.41, 5.74) is 2.89. The van der Waals surface area contributed by atoms with Crippen LogP contribution in [0.25, 0.3) is 11.6 Å². The first-order valence-electron chi connectivity index (χ1n) is 6.21. The zero-order chi connectivity index (χ0) is 12.5. The molecule has 0 fully saturated rings. The van der Waals surface area contributed by atoms with E-state index < -0.39 is 0 Å². The second kappa shape index (κ2) is 4.37. The van der Waals surface area contributed by atoms with Crippen molar-refractivity contribution in [2.75, 3.05) is 0 Å². The second-order valence-electron chi connectivity index (χ2n) is 4.60. The van der Waals surface area contributed by atoms with Crippen molar-refractivity contribution in [1.29, 1.82) is 0 Å². The van der Waals surface area contributed by atoms with Gasteiger partial charge in [0.1, 0.15) is 5.69 Å². The number of pyridine rings is 1. The first-order valence-corrected chi connectivity index (χ1v) is 6.21. The van der Waals surface area contributed by atoms with Gasteiger partial charge in [-0.15, -0.1) is 0 Å². The maximum Gasteiger partial charge on any atom is 0.342 e. The van der Waals surface area contributed by atoms with E-state index in [0.29, 0.717) is 11.6 Å². The fraction of sp³-hybridized carbons (Fsp3) is 0.357. The van der Waals surface area contributed by atoms with E-state index in [1.165, 1.54) is 0 Å². The minimum Gasteiger partial charge on any atom is -0.402 e. The van der Waals surface area contributed by atoms with Crippen molar-refractivity contribution in [3.8, 4) is 11.6 Å². The maximum atomic E-state index is 11.9. The Kier molecular flexibility index (Phi) is 2.70. The van der Waals surface area contributed by atoms with Crippen LogP contribution in [-0.4, -0.2) is 9.97 Å². The number of rotatable bonds is 1. The highest BCUT2D eigenvalue weighted by atomic mass is 16.4. The predicted molar refractivity (Wildman–Crippen MR) is 67.4 cm³/mol. The molecular weight excluding hydrogens is 228 g/mol. The van der Waals surface area contributed by atoms with Crippen LogP contribution in [0.15, 0.2) is 27.4 Å². The SMILES string of the molecule is Cc1cccc(-c2nc3c(c(=O)o2)CCCC3)n1. The molecule has 0 atom stereocenters. The minimum atomic E-state index is -0.252. The van der Waals surface area contributed by atoms with E-state index in [0.717, 1.165) is 42.6 Å². The topological polar surface area (TPSA) is 56.0 Å². The van der Waals surface area contributed by atoms with Gasteiger partial charge >= 0.3 is 5.63 Å². The van der Waals surface area contributed by atoms with Crippen LogP contribution in [0.2, 0.25) is 0 Å². The van der Waals surface area contributed by atoms with Gasteiger partial charge in [0.2, 0.25) is 5.89 Å². The summed E-state index contributed by atoms with van der Waals surface area (Å²) >= 11 is 0. The molecule has 0 aliphatic heterocycles. The van der Waals surface area contributed by atoms with Crippen LogP contribution in [0.4, 0.5) is 0 Å². The Morgan fingerprint density at radius 2 is 2.00 bits per heavy atom. The molecule has 0 bridgehead atoms. The Hall–Kier alpha value is -1.97. The Labute approximate surface area is 105 Å². The lowest BCUT2D eigenvalue weighted by Gasteiger charge is -2.13. The Balaban J connectivity index is 2.14. The van der Waals surface area contributed by atoms with Crippen molar-refractivity contribution in [3.05, 3.63) is 45.6 Å². The monoisotopic (exact) mass is 242 g/mol. The van der Waals surface area contributed by atoms with E-state index in [-0.39, 0.29) is 5.63 Å². The first-order chi connectivity index (χ1) is 8.74. The molecule has 2 aromatic rings. The van der Waals surface area contributed by atoms with E-state index in [4.69, 9.17) is 4.42 Å². The highest BCUT2D eigenvalue weighted by Crippen LogP contribution is 2.20. The largest absolute Gasteiger partial charge is 0.402 e. The molecule has 0 amide bonds. The zero-order valence-electron chi connectivity index (χ0n) is 10.3. The highest BCUT2D eigenvalue weighted by Gasteiger charge is 2.18. The minimum absolute atomic E-state index is 0.252. The van der Waals surface area contributed by atoms with Gasteiger partial charge in [0.15, 0.2) is 0 Å². The van der Waals surface area contributed by atoms with Crippen molar-refractivity contribution in [3.63, 3.8) is 0 Å². The number of hydrogen-bond acceptors (Lipinski definition) is 4. The van der Waals surface area contributed by atoms with E-state index in [9.17, 15) is 4.79 Å². The van der Waals surface area contributed by atoms with E-state index >= 15 is 0 Å². The first kappa shape index (κ1) is 11.1. The molecule has 4 heteroatoms. The molecule has 0 N–H and O–H groups in total. The van der Waals surface area contributed by atoms with E-state index in [1.54, 1.807) is 0 Å². The van der Waals surface area contributed by atoms with Crippen LogP contribution in [0.5, 0.6) is 0 Å². The van der Waals surface area contributed by atoms with E-state index in [2.05, 4.69) is 9.97 Å². The third kappa shape index (κ3) is 1.94. The second-order valence-corrected chi connectivity index (χ2v) is 4.60. The molecule has 3 rings (SSSR count). The van der Waals surface area contributed by atoms with Gasteiger partial charge in [0.25, 0.3) is 0 Å². The number of fused-ring (bicyclic) bond motifs is 1. The molecule has 92 valence electrons. The lowest BCUT2D eigenvalue weighted by Crippen LogP contribution is -2.18. The van der Waals surface area contributed by atoms with Crippen molar-refractivity contribution in [1.82, 2.24) is 9.97 Å². The van der Waals surface area contributed by atoms with Gasteiger partial charge in [-0.1, -0.05) is 6.07 Å². The molecule has 0 radical (unpaired) electrons. The van der Waals surface area contributed by atoms with Crippen LogP contribution in [0, 0.1) is 6.92 Å². The lowest BCUT2D eigenvalue weighted by atomic mass is 9.97. The molecule has 0 saturated carbocycles. The third-order valence-corrected chi connectivity index (χ3v) is 3.22. The summed E-state index contributed by atoms with van der Waals surface area (Å²) in [6.07, 6.45) is 3.78. The number of aryl methyl sites for hydroxylation is 2. The Morgan fingerprint density at radius 1 is 1.17 bits per heavy atom. The van der Waals surface area contributed by atoms with Gasteiger partial charge in [0, 0.05) is 5.69 Å². The van der Waals surface area contributed by atoms with Gasteiger partial charge in [-0.05, 0) is 44.7 Å². The van der Waals surface area contributed by atoms with Gasteiger partial charge in [0.05, 0.1) is 11.3 Å². The molecule has 18 heavy (non-hydrogen) atoms. The number of aromatic nitrogens is 2. The van der Waals surface area contributed by atoms with Crippen LogP contribution < -0.4 is 5.63 Å². The van der Waals surface area contributed by atoms with Crippen molar-refractivity contribution < 1.29 is 4.42 Å². The van der Waals surface area contributed by atoms with Crippen LogP contribution in [0.1, 0.15) is 29.8 Å². The molecular formula is C14H14N2O2. The number of nitrogens with zero attached hydrogens (tertiary/aromatic N) is 2. The molecule has 4 nitrogen and oxygen atoms in total. The molecule has 1 aliphatic carbocycles. The van der Waals surface area contributed by atoms with Crippen molar-refractivity contribution in [2.24, 2.45) is 0 Å². The molecule has 0 spiro atoms. The van der Waals surface area contributed by atoms with Gasteiger partial charge in [-0.25, -0.2) is 14.8 Å². The molecule has 2 aromatic heterocycles.